The van der Waals surface area contributed by atoms with E-state index >= 15 is 0 Å². The maximum Gasteiger partial charge on any atom is 0.129 e. The Hall–Kier alpha value is -2.65. The minimum absolute atomic E-state index is 0.139. The fourth-order valence-electron chi connectivity index (χ4n) is 2.18. The van der Waals surface area contributed by atoms with Gasteiger partial charge in [0.25, 0.3) is 0 Å². The second-order valence-electron chi connectivity index (χ2n) is 5.16. The summed E-state index contributed by atoms with van der Waals surface area (Å²) in [5.74, 6) is 0.313. The van der Waals surface area contributed by atoms with Gasteiger partial charge in [-0.25, -0.2) is 4.39 Å². The van der Waals surface area contributed by atoms with E-state index in [1.54, 1.807) is 42.6 Å². The minimum atomic E-state index is -0.286. The van der Waals surface area contributed by atoms with Crippen molar-refractivity contribution in [3.8, 4) is 5.75 Å². The number of nitrogens with zero attached hydrogens (tertiary/aromatic N) is 1. The van der Waals surface area contributed by atoms with E-state index in [4.69, 9.17) is 16.3 Å². The van der Waals surface area contributed by atoms with Crippen molar-refractivity contribution in [2.24, 2.45) is 4.99 Å². The standard InChI is InChI=1S/C20H15ClFNO/c21-17-10-11-20(24-14-15-6-4-5-9-19(15)22)16(12-17)13-23-18-7-2-1-3-8-18/h1-13H,14H2. The summed E-state index contributed by atoms with van der Waals surface area (Å²) in [5.41, 5.74) is 2.07. The van der Waals surface area contributed by atoms with Crippen LogP contribution in [0.3, 0.4) is 0 Å². The first-order valence-electron chi connectivity index (χ1n) is 7.47. The van der Waals surface area contributed by atoms with Gasteiger partial charge in [-0.05, 0) is 36.4 Å². The molecule has 4 heteroatoms. The second-order valence-corrected chi connectivity index (χ2v) is 5.59. The molecule has 24 heavy (non-hydrogen) atoms. The molecule has 0 radical (unpaired) electrons. The molecule has 0 amide bonds. The summed E-state index contributed by atoms with van der Waals surface area (Å²) in [5, 5.41) is 0.586. The van der Waals surface area contributed by atoms with Gasteiger partial charge in [-0.15, -0.1) is 0 Å². The van der Waals surface area contributed by atoms with E-state index < -0.39 is 0 Å². The second kappa shape index (κ2) is 7.75. The van der Waals surface area contributed by atoms with E-state index in [9.17, 15) is 4.39 Å². The van der Waals surface area contributed by atoms with Crippen LogP contribution in [-0.2, 0) is 6.61 Å². The molecule has 0 saturated heterocycles. The number of ether oxygens (including phenoxy) is 1. The maximum atomic E-state index is 13.7. The molecule has 0 N–H and O–H groups in total. The van der Waals surface area contributed by atoms with Gasteiger partial charge in [0, 0.05) is 22.4 Å². The highest BCUT2D eigenvalue weighted by atomic mass is 35.5. The lowest BCUT2D eigenvalue weighted by molar-refractivity contribution is 0.299. The largest absolute Gasteiger partial charge is 0.488 e. The van der Waals surface area contributed by atoms with Crippen LogP contribution in [0.2, 0.25) is 5.02 Å². The van der Waals surface area contributed by atoms with Gasteiger partial charge in [0.15, 0.2) is 0 Å². The van der Waals surface area contributed by atoms with Crippen molar-refractivity contribution in [3.63, 3.8) is 0 Å². The fourth-order valence-corrected chi connectivity index (χ4v) is 2.36. The smallest absolute Gasteiger partial charge is 0.129 e. The zero-order valence-corrected chi connectivity index (χ0v) is 13.6. The molecule has 0 spiro atoms. The molecule has 0 aliphatic carbocycles. The maximum absolute atomic E-state index is 13.7. The monoisotopic (exact) mass is 339 g/mol. The van der Waals surface area contributed by atoms with Crippen LogP contribution in [-0.4, -0.2) is 6.21 Å². The summed E-state index contributed by atoms with van der Waals surface area (Å²) in [4.78, 5) is 4.41. The summed E-state index contributed by atoms with van der Waals surface area (Å²) in [6, 6.07) is 21.4. The average molecular weight is 340 g/mol. The highest BCUT2D eigenvalue weighted by Gasteiger charge is 2.06. The van der Waals surface area contributed by atoms with E-state index in [-0.39, 0.29) is 12.4 Å². The summed E-state index contributed by atoms with van der Waals surface area (Å²) in [6.45, 7) is 0.139. The van der Waals surface area contributed by atoms with Crippen LogP contribution < -0.4 is 4.74 Å². The molecule has 0 heterocycles. The third-order valence-corrected chi connectivity index (χ3v) is 3.66. The first-order valence-corrected chi connectivity index (χ1v) is 7.85. The molecule has 0 aromatic heterocycles. The van der Waals surface area contributed by atoms with Crippen molar-refractivity contribution in [2.45, 2.75) is 6.61 Å². The molecular weight excluding hydrogens is 325 g/mol. The van der Waals surface area contributed by atoms with Gasteiger partial charge >= 0.3 is 0 Å². The summed E-state index contributed by atoms with van der Waals surface area (Å²) < 4.78 is 19.5. The molecule has 0 aliphatic rings. The number of para-hydroxylation sites is 1. The molecule has 3 aromatic rings. The van der Waals surface area contributed by atoms with Gasteiger partial charge in [0.05, 0.1) is 5.69 Å². The Morgan fingerprint density at radius 1 is 0.958 bits per heavy atom. The molecule has 0 aliphatic heterocycles. The molecule has 0 unspecified atom stereocenters. The quantitative estimate of drug-likeness (QED) is 0.537. The van der Waals surface area contributed by atoms with Crippen molar-refractivity contribution in [1.29, 1.82) is 0 Å². The fraction of sp³-hybridized carbons (Fsp3) is 0.0500. The third kappa shape index (κ3) is 4.21. The zero-order valence-electron chi connectivity index (χ0n) is 12.8. The van der Waals surface area contributed by atoms with Crippen LogP contribution in [0.5, 0.6) is 5.75 Å². The molecule has 3 aromatic carbocycles. The van der Waals surface area contributed by atoms with E-state index in [0.29, 0.717) is 16.3 Å². The molecule has 0 saturated carbocycles. The van der Waals surface area contributed by atoms with Crippen molar-refractivity contribution in [2.75, 3.05) is 0 Å². The van der Waals surface area contributed by atoms with E-state index in [1.165, 1.54) is 6.07 Å². The van der Waals surface area contributed by atoms with Crippen LogP contribution in [0.4, 0.5) is 10.1 Å². The molecule has 2 nitrogen and oxygen atoms in total. The minimum Gasteiger partial charge on any atom is -0.488 e. The molecule has 0 fully saturated rings. The molecule has 3 rings (SSSR count). The first kappa shape index (κ1) is 16.2. The Morgan fingerprint density at radius 2 is 1.71 bits per heavy atom. The van der Waals surface area contributed by atoms with Gasteiger partial charge in [0.1, 0.15) is 18.2 Å². The van der Waals surface area contributed by atoms with Crippen molar-refractivity contribution < 1.29 is 9.13 Å². The average Bonchev–Trinajstić information content (AvgIpc) is 2.61. The van der Waals surface area contributed by atoms with E-state index in [1.807, 2.05) is 30.3 Å². The summed E-state index contributed by atoms with van der Waals surface area (Å²) in [7, 11) is 0. The van der Waals surface area contributed by atoms with Gasteiger partial charge in [-0.1, -0.05) is 48.0 Å². The van der Waals surface area contributed by atoms with Gasteiger partial charge in [0.2, 0.25) is 0 Å². The molecule has 120 valence electrons. The molecule has 0 bridgehead atoms. The van der Waals surface area contributed by atoms with Crippen molar-refractivity contribution in [3.05, 3.63) is 94.8 Å². The Kier molecular flexibility index (Phi) is 5.24. The number of hydrogen-bond acceptors (Lipinski definition) is 2. The van der Waals surface area contributed by atoms with Crippen molar-refractivity contribution in [1.82, 2.24) is 0 Å². The lowest BCUT2D eigenvalue weighted by Crippen LogP contribution is -2.00. The topological polar surface area (TPSA) is 21.6 Å². The van der Waals surface area contributed by atoms with Crippen LogP contribution >= 0.6 is 11.6 Å². The number of halogens is 2. The lowest BCUT2D eigenvalue weighted by Gasteiger charge is -2.10. The summed E-state index contributed by atoms with van der Waals surface area (Å²) in [6.07, 6.45) is 1.69. The Balaban J connectivity index is 1.81. The highest BCUT2D eigenvalue weighted by molar-refractivity contribution is 6.30. The number of hydrogen-bond donors (Lipinski definition) is 0. The lowest BCUT2D eigenvalue weighted by atomic mass is 10.2. The van der Waals surface area contributed by atoms with E-state index in [2.05, 4.69) is 4.99 Å². The number of aliphatic imine (C=N–C) groups is 1. The van der Waals surface area contributed by atoms with Crippen LogP contribution in [0.15, 0.2) is 77.8 Å². The van der Waals surface area contributed by atoms with Crippen molar-refractivity contribution >= 4 is 23.5 Å². The predicted molar refractivity (Wildman–Crippen MR) is 95.9 cm³/mol. The third-order valence-electron chi connectivity index (χ3n) is 3.42. The Morgan fingerprint density at radius 3 is 2.50 bits per heavy atom. The van der Waals surface area contributed by atoms with Gasteiger partial charge < -0.3 is 4.74 Å². The van der Waals surface area contributed by atoms with Crippen LogP contribution in [0.25, 0.3) is 0 Å². The number of rotatable bonds is 5. The van der Waals surface area contributed by atoms with E-state index in [0.717, 1.165) is 11.3 Å². The van der Waals surface area contributed by atoms with Crippen LogP contribution in [0.1, 0.15) is 11.1 Å². The van der Waals surface area contributed by atoms with Crippen LogP contribution in [0, 0.1) is 5.82 Å². The summed E-state index contributed by atoms with van der Waals surface area (Å²) >= 11 is 6.06. The Bertz CT molecular complexity index is 849. The SMILES string of the molecule is Fc1ccccc1COc1ccc(Cl)cc1C=Nc1ccccc1. The highest BCUT2D eigenvalue weighted by Crippen LogP contribution is 2.24. The van der Waals surface area contributed by atoms with Gasteiger partial charge in [-0.2, -0.15) is 0 Å². The number of benzene rings is 3. The normalized spacial score (nSPS) is 10.9. The first-order chi connectivity index (χ1) is 11.7. The zero-order chi connectivity index (χ0) is 16.8. The predicted octanol–water partition coefficient (Wildman–Crippen LogP) is 5.81. The molecular formula is C20H15ClFNO. The molecule has 0 atom stereocenters. The Labute approximate surface area is 145 Å². The van der Waals surface area contributed by atoms with Gasteiger partial charge in [-0.3, -0.25) is 4.99 Å².